The number of allylic oxidation sites excluding steroid dienone is 1. The Kier molecular flexibility index (Phi) is 2.48. The molecule has 0 saturated heterocycles. The smallest absolute Gasteiger partial charge is 0.180 e. The molecule has 3 nitrogen and oxygen atoms in total. The zero-order chi connectivity index (χ0) is 9.97. The molecule has 1 heterocycles. The van der Waals surface area contributed by atoms with Crippen LogP contribution in [-0.2, 0) is 12.8 Å². The van der Waals surface area contributed by atoms with Gasteiger partial charge in [0.1, 0.15) is 11.5 Å². The Morgan fingerprint density at radius 2 is 2.21 bits per heavy atom. The topological polar surface area (TPSA) is 45.8 Å². The van der Waals surface area contributed by atoms with Gasteiger partial charge in [0.25, 0.3) is 0 Å². The summed E-state index contributed by atoms with van der Waals surface area (Å²) in [6.07, 6.45) is 6.14. The van der Waals surface area contributed by atoms with Crippen molar-refractivity contribution in [1.82, 2.24) is 9.97 Å². The average Bonchev–Trinajstić information content (AvgIpc) is 2.49. The number of Topliss-reactive ketones (excluding diaryl/α,β-unsaturated/α-hetero) is 1. The summed E-state index contributed by atoms with van der Waals surface area (Å²) in [5, 5.41) is 0. The number of hydrogen-bond acceptors (Lipinski definition) is 2. The standard InChI is InChI=1S/C11H14N2O/c1-2-5-10-12-8-6-3-4-7-9(14)11(8)13-10/h2H,1,3-7H2,(H,12,13). The van der Waals surface area contributed by atoms with E-state index in [1.807, 2.05) is 0 Å². The molecule has 0 amide bonds. The second-order valence-corrected chi connectivity index (χ2v) is 3.63. The number of hydrogen-bond donors (Lipinski definition) is 1. The summed E-state index contributed by atoms with van der Waals surface area (Å²) >= 11 is 0. The molecule has 2 rings (SSSR count). The van der Waals surface area contributed by atoms with Gasteiger partial charge >= 0.3 is 0 Å². The van der Waals surface area contributed by atoms with Gasteiger partial charge < -0.3 is 4.98 Å². The number of aromatic amines is 1. The van der Waals surface area contributed by atoms with Crippen LogP contribution in [0.1, 0.15) is 41.3 Å². The van der Waals surface area contributed by atoms with Crippen LogP contribution in [0.25, 0.3) is 0 Å². The summed E-state index contributed by atoms with van der Waals surface area (Å²) in [6.45, 7) is 3.65. The van der Waals surface area contributed by atoms with Crippen molar-refractivity contribution >= 4 is 5.78 Å². The van der Waals surface area contributed by atoms with Gasteiger partial charge in [0.05, 0.1) is 5.69 Å². The normalized spacial score (nSPS) is 16.1. The number of H-pyrrole nitrogens is 1. The van der Waals surface area contributed by atoms with Crippen LogP contribution in [0.4, 0.5) is 0 Å². The van der Waals surface area contributed by atoms with E-state index in [0.717, 1.165) is 36.5 Å². The van der Waals surface area contributed by atoms with Gasteiger partial charge in [-0.05, 0) is 19.3 Å². The number of imidazole rings is 1. The molecule has 1 aromatic heterocycles. The predicted molar refractivity (Wildman–Crippen MR) is 54.4 cm³/mol. The van der Waals surface area contributed by atoms with Gasteiger partial charge in [-0.15, -0.1) is 6.58 Å². The molecule has 0 atom stereocenters. The van der Waals surface area contributed by atoms with Crippen molar-refractivity contribution in [3.63, 3.8) is 0 Å². The van der Waals surface area contributed by atoms with Gasteiger partial charge in [-0.3, -0.25) is 4.79 Å². The lowest BCUT2D eigenvalue weighted by Gasteiger charge is -1.92. The van der Waals surface area contributed by atoms with Crippen molar-refractivity contribution in [3.05, 3.63) is 29.9 Å². The third-order valence-corrected chi connectivity index (χ3v) is 2.51. The number of rotatable bonds is 2. The van der Waals surface area contributed by atoms with E-state index in [2.05, 4.69) is 16.5 Å². The average molecular weight is 190 g/mol. The van der Waals surface area contributed by atoms with Crippen molar-refractivity contribution in [2.24, 2.45) is 0 Å². The molecule has 1 aliphatic rings. The van der Waals surface area contributed by atoms with Crippen LogP contribution in [0, 0.1) is 0 Å². The summed E-state index contributed by atoms with van der Waals surface area (Å²) in [7, 11) is 0. The van der Waals surface area contributed by atoms with Crippen molar-refractivity contribution in [3.8, 4) is 0 Å². The summed E-state index contributed by atoms with van der Waals surface area (Å²) < 4.78 is 0. The van der Waals surface area contributed by atoms with Gasteiger partial charge in [0, 0.05) is 12.8 Å². The number of carbonyl (C=O) groups is 1. The minimum Gasteiger partial charge on any atom is -0.339 e. The van der Waals surface area contributed by atoms with Crippen molar-refractivity contribution in [1.29, 1.82) is 0 Å². The highest BCUT2D eigenvalue weighted by Gasteiger charge is 2.19. The molecule has 0 fully saturated rings. The molecule has 3 heteroatoms. The first-order valence-electron chi connectivity index (χ1n) is 5.03. The van der Waals surface area contributed by atoms with Gasteiger partial charge in [-0.25, -0.2) is 4.98 Å². The van der Waals surface area contributed by atoms with Crippen LogP contribution in [0.2, 0.25) is 0 Å². The Labute approximate surface area is 83.2 Å². The van der Waals surface area contributed by atoms with Gasteiger partial charge in [0.2, 0.25) is 0 Å². The number of fused-ring (bicyclic) bond motifs is 1. The van der Waals surface area contributed by atoms with Crippen molar-refractivity contribution in [2.75, 3.05) is 0 Å². The highest BCUT2D eigenvalue weighted by molar-refractivity contribution is 5.95. The number of ketones is 1. The third kappa shape index (κ3) is 1.62. The highest BCUT2D eigenvalue weighted by Crippen LogP contribution is 2.18. The lowest BCUT2D eigenvalue weighted by molar-refractivity contribution is 0.0977. The van der Waals surface area contributed by atoms with Crippen LogP contribution in [0.3, 0.4) is 0 Å². The van der Waals surface area contributed by atoms with E-state index in [-0.39, 0.29) is 5.78 Å². The molecule has 0 unspecified atom stereocenters. The summed E-state index contributed by atoms with van der Waals surface area (Å²) in [5.41, 5.74) is 1.68. The first-order valence-corrected chi connectivity index (χ1v) is 5.03. The van der Waals surface area contributed by atoms with Crippen molar-refractivity contribution in [2.45, 2.75) is 32.1 Å². The maximum Gasteiger partial charge on any atom is 0.180 e. The molecular formula is C11H14N2O. The molecule has 0 saturated carbocycles. The number of aryl methyl sites for hydroxylation is 1. The van der Waals surface area contributed by atoms with Gasteiger partial charge in [-0.1, -0.05) is 6.08 Å². The lowest BCUT2D eigenvalue weighted by Crippen LogP contribution is -1.99. The summed E-state index contributed by atoms with van der Waals surface area (Å²) in [6, 6.07) is 0. The Hall–Kier alpha value is -1.38. The molecule has 74 valence electrons. The largest absolute Gasteiger partial charge is 0.339 e. The Balaban J connectivity index is 2.33. The molecule has 1 aliphatic carbocycles. The van der Waals surface area contributed by atoms with Crippen LogP contribution in [0.5, 0.6) is 0 Å². The van der Waals surface area contributed by atoms with Crippen LogP contribution < -0.4 is 0 Å². The molecule has 0 aliphatic heterocycles. The maximum absolute atomic E-state index is 11.6. The highest BCUT2D eigenvalue weighted by atomic mass is 16.1. The SMILES string of the molecule is C=CCc1nc2c([nH]1)C(=O)CCCC2. The monoisotopic (exact) mass is 190 g/mol. The van der Waals surface area contributed by atoms with E-state index in [4.69, 9.17) is 0 Å². The minimum atomic E-state index is 0.209. The number of carbonyl (C=O) groups excluding carboxylic acids is 1. The third-order valence-electron chi connectivity index (χ3n) is 2.51. The molecule has 0 radical (unpaired) electrons. The molecule has 0 bridgehead atoms. The fourth-order valence-electron chi connectivity index (χ4n) is 1.81. The van der Waals surface area contributed by atoms with E-state index in [1.165, 1.54) is 0 Å². The van der Waals surface area contributed by atoms with Crippen LogP contribution in [-0.4, -0.2) is 15.8 Å². The van der Waals surface area contributed by atoms with E-state index < -0.39 is 0 Å². The van der Waals surface area contributed by atoms with E-state index >= 15 is 0 Å². The molecule has 0 spiro atoms. The number of nitrogens with zero attached hydrogens (tertiary/aromatic N) is 1. The number of aromatic nitrogens is 2. The van der Waals surface area contributed by atoms with E-state index in [0.29, 0.717) is 12.8 Å². The fraction of sp³-hybridized carbons (Fsp3) is 0.455. The summed E-state index contributed by atoms with van der Waals surface area (Å²) in [4.78, 5) is 19.1. The summed E-state index contributed by atoms with van der Waals surface area (Å²) in [5.74, 6) is 1.07. The molecule has 1 aromatic rings. The molecule has 14 heavy (non-hydrogen) atoms. The first-order chi connectivity index (χ1) is 6.81. The van der Waals surface area contributed by atoms with Crippen molar-refractivity contribution < 1.29 is 4.79 Å². The first kappa shape index (κ1) is 9.19. The maximum atomic E-state index is 11.6. The Morgan fingerprint density at radius 3 is 3.00 bits per heavy atom. The zero-order valence-electron chi connectivity index (χ0n) is 8.18. The quantitative estimate of drug-likeness (QED) is 0.573. The van der Waals surface area contributed by atoms with Crippen LogP contribution >= 0.6 is 0 Å². The molecule has 1 N–H and O–H groups in total. The van der Waals surface area contributed by atoms with Gasteiger partial charge in [-0.2, -0.15) is 0 Å². The van der Waals surface area contributed by atoms with E-state index in [1.54, 1.807) is 6.08 Å². The second kappa shape index (κ2) is 3.78. The predicted octanol–water partition coefficient (Wildman–Crippen LogP) is 2.05. The molecule has 0 aromatic carbocycles. The minimum absolute atomic E-state index is 0.209. The fourth-order valence-corrected chi connectivity index (χ4v) is 1.81. The second-order valence-electron chi connectivity index (χ2n) is 3.63. The molecular weight excluding hydrogens is 176 g/mol. The number of nitrogens with one attached hydrogen (secondary N) is 1. The zero-order valence-corrected chi connectivity index (χ0v) is 8.18. The van der Waals surface area contributed by atoms with Crippen LogP contribution in [0.15, 0.2) is 12.7 Å². The lowest BCUT2D eigenvalue weighted by atomic mass is 10.2. The Bertz CT molecular complexity index is 365. The Morgan fingerprint density at radius 1 is 1.43 bits per heavy atom. The van der Waals surface area contributed by atoms with Gasteiger partial charge in [0.15, 0.2) is 5.78 Å². The van der Waals surface area contributed by atoms with E-state index in [9.17, 15) is 4.79 Å².